The van der Waals surface area contributed by atoms with E-state index in [4.69, 9.17) is 0 Å². The maximum atomic E-state index is 12.9. The maximum Gasteiger partial charge on any atom is 0.237 e. The number of carbonyl (C=O) groups excluding carboxylic acids is 3. The number of hydrogen-bond acceptors (Lipinski definition) is 5. The molecule has 0 fully saturated rings. The molecule has 7 nitrogen and oxygen atoms in total. The van der Waals surface area contributed by atoms with Gasteiger partial charge in [-0.15, -0.1) is 11.8 Å². The molecule has 0 radical (unpaired) electrons. The first kappa shape index (κ1) is 26.0. The summed E-state index contributed by atoms with van der Waals surface area (Å²) >= 11 is 1.66. The van der Waals surface area contributed by atoms with Crippen LogP contribution in [0.1, 0.15) is 54.5 Å². The van der Waals surface area contributed by atoms with Gasteiger partial charge in [0.15, 0.2) is 0 Å². The van der Waals surface area contributed by atoms with Crippen molar-refractivity contribution in [2.45, 2.75) is 55.4 Å². The lowest BCUT2D eigenvalue weighted by molar-refractivity contribution is -0.120. The summed E-state index contributed by atoms with van der Waals surface area (Å²) in [6.45, 7) is 2.06. The van der Waals surface area contributed by atoms with Gasteiger partial charge in [0, 0.05) is 28.8 Å². The number of benzene rings is 2. The molecule has 3 atom stereocenters. The van der Waals surface area contributed by atoms with Crippen LogP contribution in [0.3, 0.4) is 0 Å². The fraction of sp³-hybridized carbons (Fsp3) is 0.333. The van der Waals surface area contributed by atoms with E-state index in [9.17, 15) is 14.4 Å². The Morgan fingerprint density at radius 1 is 1.13 bits per heavy atom. The molecule has 1 aliphatic heterocycles. The molecule has 38 heavy (non-hydrogen) atoms. The number of hydrogen-bond donors (Lipinski definition) is 3. The van der Waals surface area contributed by atoms with Gasteiger partial charge < -0.3 is 16.0 Å². The highest BCUT2D eigenvalue weighted by molar-refractivity contribution is 7.98. The number of pyridine rings is 1. The standard InChI is InChI=1S/C30H32N4O3S/c1-19(9-12-25(32-18-35)23-6-3-4-8-26(23)38-2)14-27(36)33-22-11-10-20-16-30(17-21(20)15-22)24-7-5-13-31-28(24)34-29(30)37/h3-8,10-11,13,15,18-19,25H,9,12,14,16-17H2,1-2H3,(H,32,35)(H,33,36)(H,31,34,37). The summed E-state index contributed by atoms with van der Waals surface area (Å²) in [4.78, 5) is 42.5. The van der Waals surface area contributed by atoms with Crippen LogP contribution in [0.2, 0.25) is 0 Å². The van der Waals surface area contributed by atoms with Crippen molar-refractivity contribution in [3.05, 3.63) is 83.0 Å². The summed E-state index contributed by atoms with van der Waals surface area (Å²) in [5.74, 6) is 0.749. The number of amides is 3. The minimum absolute atomic E-state index is 0.00987. The zero-order valence-electron chi connectivity index (χ0n) is 21.6. The first-order valence-electron chi connectivity index (χ1n) is 12.9. The molecule has 2 heterocycles. The second kappa shape index (κ2) is 11.0. The van der Waals surface area contributed by atoms with Crippen LogP contribution in [0.25, 0.3) is 0 Å². The highest BCUT2D eigenvalue weighted by atomic mass is 32.2. The Morgan fingerprint density at radius 3 is 2.76 bits per heavy atom. The minimum Gasteiger partial charge on any atom is -0.352 e. The minimum atomic E-state index is -0.621. The van der Waals surface area contributed by atoms with E-state index < -0.39 is 5.41 Å². The van der Waals surface area contributed by atoms with Gasteiger partial charge in [-0.2, -0.15) is 0 Å². The maximum absolute atomic E-state index is 12.9. The van der Waals surface area contributed by atoms with E-state index >= 15 is 0 Å². The van der Waals surface area contributed by atoms with E-state index in [1.54, 1.807) is 18.0 Å². The second-order valence-corrected chi connectivity index (χ2v) is 11.1. The molecule has 3 amide bonds. The van der Waals surface area contributed by atoms with Crippen molar-refractivity contribution in [3.63, 3.8) is 0 Å². The van der Waals surface area contributed by atoms with Crippen LogP contribution < -0.4 is 16.0 Å². The zero-order chi connectivity index (χ0) is 26.7. The quantitative estimate of drug-likeness (QED) is 0.253. The average Bonchev–Trinajstić information content (AvgIpc) is 3.43. The number of carbonyl (C=O) groups is 3. The Hall–Kier alpha value is -3.65. The van der Waals surface area contributed by atoms with E-state index in [-0.39, 0.29) is 23.8 Å². The normalized spacial score (nSPS) is 18.8. The van der Waals surface area contributed by atoms with Crippen LogP contribution in [0.15, 0.2) is 65.7 Å². The molecule has 0 bridgehead atoms. The molecule has 1 spiro atoms. The van der Waals surface area contributed by atoms with Crippen molar-refractivity contribution in [1.29, 1.82) is 0 Å². The third-order valence-corrected chi connectivity index (χ3v) is 8.54. The van der Waals surface area contributed by atoms with Crippen LogP contribution in [0.5, 0.6) is 0 Å². The number of fused-ring (bicyclic) bond motifs is 3. The number of rotatable bonds is 10. The predicted octanol–water partition coefficient (Wildman–Crippen LogP) is 5.02. The number of aromatic nitrogens is 1. The van der Waals surface area contributed by atoms with Crippen LogP contribution in [0, 0.1) is 5.92 Å². The molecule has 8 heteroatoms. The van der Waals surface area contributed by atoms with Gasteiger partial charge in [0.05, 0.1) is 11.5 Å². The van der Waals surface area contributed by atoms with Gasteiger partial charge in [-0.1, -0.05) is 37.3 Å². The largest absolute Gasteiger partial charge is 0.352 e. The summed E-state index contributed by atoms with van der Waals surface area (Å²) in [6.07, 6.45) is 7.64. The fourth-order valence-electron chi connectivity index (χ4n) is 5.79. The van der Waals surface area contributed by atoms with E-state index in [1.807, 2.05) is 54.8 Å². The third kappa shape index (κ3) is 5.05. The van der Waals surface area contributed by atoms with E-state index in [0.29, 0.717) is 25.1 Å². The lowest BCUT2D eigenvalue weighted by atomic mass is 9.79. The average molecular weight is 529 g/mol. The Labute approximate surface area is 227 Å². The topological polar surface area (TPSA) is 100 Å². The molecule has 2 aliphatic rings. The van der Waals surface area contributed by atoms with Crippen molar-refractivity contribution in [2.24, 2.45) is 5.92 Å². The van der Waals surface area contributed by atoms with Crippen LogP contribution in [0.4, 0.5) is 11.5 Å². The Kier molecular flexibility index (Phi) is 7.51. The lowest BCUT2D eigenvalue weighted by Gasteiger charge is -2.21. The zero-order valence-corrected chi connectivity index (χ0v) is 22.4. The summed E-state index contributed by atoms with van der Waals surface area (Å²) in [5, 5.41) is 8.93. The van der Waals surface area contributed by atoms with Gasteiger partial charge in [-0.3, -0.25) is 14.4 Å². The molecule has 5 rings (SSSR count). The second-order valence-electron chi connectivity index (χ2n) is 10.3. The number of nitrogens with one attached hydrogen (secondary N) is 3. The smallest absolute Gasteiger partial charge is 0.237 e. The van der Waals surface area contributed by atoms with Gasteiger partial charge in [0.1, 0.15) is 5.82 Å². The van der Waals surface area contributed by atoms with Crippen molar-refractivity contribution < 1.29 is 14.4 Å². The van der Waals surface area contributed by atoms with Crippen molar-refractivity contribution in [2.75, 3.05) is 16.9 Å². The molecule has 0 saturated heterocycles. The summed E-state index contributed by atoms with van der Waals surface area (Å²) in [5.41, 5.74) is 4.39. The first-order chi connectivity index (χ1) is 18.4. The third-order valence-electron chi connectivity index (χ3n) is 7.73. The highest BCUT2D eigenvalue weighted by Crippen LogP contribution is 2.47. The van der Waals surface area contributed by atoms with E-state index in [0.717, 1.165) is 52.1 Å². The van der Waals surface area contributed by atoms with Gasteiger partial charge in [-0.05, 0) is 78.8 Å². The van der Waals surface area contributed by atoms with Crippen LogP contribution in [-0.4, -0.2) is 29.5 Å². The molecule has 0 saturated carbocycles. The van der Waals surface area contributed by atoms with Gasteiger partial charge in [0.25, 0.3) is 0 Å². The van der Waals surface area contributed by atoms with Crippen molar-refractivity contribution >= 4 is 41.5 Å². The molecule has 2 aromatic carbocycles. The first-order valence-corrected chi connectivity index (χ1v) is 14.2. The predicted molar refractivity (Wildman–Crippen MR) is 150 cm³/mol. The molecule has 3 N–H and O–H groups in total. The lowest BCUT2D eigenvalue weighted by Crippen LogP contribution is -2.35. The molecule has 1 aromatic heterocycles. The Morgan fingerprint density at radius 2 is 1.95 bits per heavy atom. The van der Waals surface area contributed by atoms with Crippen LogP contribution >= 0.6 is 11.8 Å². The number of nitrogens with zero attached hydrogens (tertiary/aromatic N) is 1. The Balaban J connectivity index is 1.19. The van der Waals surface area contributed by atoms with Gasteiger partial charge in [0.2, 0.25) is 18.2 Å². The van der Waals surface area contributed by atoms with E-state index in [1.165, 1.54) is 0 Å². The molecule has 3 unspecified atom stereocenters. The summed E-state index contributed by atoms with van der Waals surface area (Å²) in [7, 11) is 0. The van der Waals surface area contributed by atoms with E-state index in [2.05, 4.69) is 33.9 Å². The Bertz CT molecular complexity index is 1380. The fourth-order valence-corrected chi connectivity index (χ4v) is 6.45. The number of thioether (sulfide) groups is 1. The molecule has 3 aromatic rings. The summed E-state index contributed by atoms with van der Waals surface area (Å²) in [6, 6.07) is 17.8. The molecular formula is C30H32N4O3S. The highest BCUT2D eigenvalue weighted by Gasteiger charge is 2.51. The number of anilines is 2. The SMILES string of the molecule is CSc1ccccc1C(CCC(C)CC(=O)Nc1ccc2c(c1)CC1(C2)C(=O)Nc2ncccc21)NC=O. The van der Waals surface area contributed by atoms with Crippen molar-refractivity contribution in [3.8, 4) is 0 Å². The molecule has 196 valence electrons. The van der Waals surface area contributed by atoms with Crippen molar-refractivity contribution in [1.82, 2.24) is 10.3 Å². The van der Waals surface area contributed by atoms with Gasteiger partial charge >= 0.3 is 0 Å². The summed E-state index contributed by atoms with van der Waals surface area (Å²) < 4.78 is 0. The molecular weight excluding hydrogens is 496 g/mol. The molecule has 1 aliphatic carbocycles. The van der Waals surface area contributed by atoms with Crippen LogP contribution in [-0.2, 0) is 32.6 Å². The monoisotopic (exact) mass is 528 g/mol. The van der Waals surface area contributed by atoms with Gasteiger partial charge in [-0.25, -0.2) is 4.98 Å².